The van der Waals surface area contributed by atoms with E-state index in [0.717, 1.165) is 10.7 Å². The fraction of sp³-hybridized carbons (Fsp3) is 0.0769. The second-order valence-corrected chi connectivity index (χ2v) is 6.23. The first-order valence-corrected chi connectivity index (χ1v) is 7.75. The summed E-state index contributed by atoms with van der Waals surface area (Å²) in [5.41, 5.74) is 7.30. The minimum atomic E-state index is 0.0716. The van der Waals surface area contributed by atoms with Crippen LogP contribution in [-0.2, 0) is 0 Å². The van der Waals surface area contributed by atoms with Gasteiger partial charge in [0.2, 0.25) is 5.69 Å². The van der Waals surface area contributed by atoms with Crippen LogP contribution in [0.4, 0.5) is 5.69 Å². The van der Waals surface area contributed by atoms with E-state index >= 15 is 0 Å². The summed E-state index contributed by atoms with van der Waals surface area (Å²) in [5, 5.41) is 5.56. The number of halogens is 3. The van der Waals surface area contributed by atoms with Crippen molar-refractivity contribution in [2.24, 2.45) is 0 Å². The number of nitrogen functional groups attached to an aromatic ring is 1. The quantitative estimate of drug-likeness (QED) is 0.673. The summed E-state index contributed by atoms with van der Waals surface area (Å²) < 4.78 is 1.86. The molecule has 0 radical (unpaired) electrons. The molecule has 3 nitrogen and oxygen atoms in total. The van der Waals surface area contributed by atoms with Crippen molar-refractivity contribution in [1.29, 1.82) is 0 Å². The molecule has 0 saturated heterocycles. The highest BCUT2D eigenvalue weighted by Gasteiger charge is 2.17. The summed E-state index contributed by atoms with van der Waals surface area (Å²) in [7, 11) is 0. The normalized spacial score (nSPS) is 10.3. The Kier molecular flexibility index (Phi) is 5.54. The number of anilines is 1. The van der Waals surface area contributed by atoms with Gasteiger partial charge in [-0.2, -0.15) is 0 Å². The lowest BCUT2D eigenvalue weighted by molar-refractivity contribution is -0.697. The zero-order valence-corrected chi connectivity index (χ0v) is 13.3. The Morgan fingerprint density at radius 1 is 1.20 bits per heavy atom. The number of hydrogen-bond acceptors (Lipinski definition) is 3. The molecule has 0 atom stereocenters. The lowest BCUT2D eigenvalue weighted by Gasteiger charge is -2.02. The molecule has 2 rings (SSSR count). The van der Waals surface area contributed by atoms with Gasteiger partial charge in [-0.15, -0.1) is 0 Å². The van der Waals surface area contributed by atoms with Crippen molar-refractivity contribution in [3.8, 4) is 5.69 Å². The summed E-state index contributed by atoms with van der Waals surface area (Å²) in [4.78, 5) is 0. The van der Waals surface area contributed by atoms with Crippen LogP contribution in [-0.4, -0.2) is 10.9 Å². The molecule has 0 spiro atoms. The third-order valence-corrected chi connectivity index (χ3v) is 4.52. The molecule has 104 valence electrons. The third-order valence-electron chi connectivity index (χ3n) is 2.37. The van der Waals surface area contributed by atoms with Crippen LogP contribution >= 0.6 is 46.6 Å². The zero-order chi connectivity index (χ0) is 14.5. The van der Waals surface area contributed by atoms with E-state index < -0.39 is 0 Å². The van der Waals surface area contributed by atoms with Crippen molar-refractivity contribution < 1.29 is 4.68 Å². The van der Waals surface area contributed by atoms with Gasteiger partial charge in [0.05, 0.1) is 10.7 Å². The van der Waals surface area contributed by atoms with Crippen molar-refractivity contribution in [1.82, 2.24) is 5.10 Å². The minimum Gasteiger partial charge on any atom is -0.397 e. The Hall–Kier alpha value is -0.940. The standard InChI is InChI=1S/C13H10Cl3N3S/c14-11(13(15)16)8-20-12-6-9(17)7-18-19(12)10-4-2-1-3-5-10/h1-7,17H,8H2/p+1. The van der Waals surface area contributed by atoms with Crippen molar-refractivity contribution in [2.45, 2.75) is 5.03 Å². The highest BCUT2D eigenvalue weighted by Crippen LogP contribution is 2.26. The van der Waals surface area contributed by atoms with Crippen molar-refractivity contribution >= 4 is 52.3 Å². The first kappa shape index (κ1) is 15.4. The Morgan fingerprint density at radius 2 is 1.90 bits per heavy atom. The third kappa shape index (κ3) is 4.03. The van der Waals surface area contributed by atoms with E-state index in [0.29, 0.717) is 16.5 Å². The average Bonchev–Trinajstić information content (AvgIpc) is 2.45. The summed E-state index contributed by atoms with van der Waals surface area (Å²) in [6.45, 7) is 0. The van der Waals surface area contributed by atoms with Gasteiger partial charge in [-0.1, -0.05) is 53.0 Å². The van der Waals surface area contributed by atoms with Gasteiger partial charge in [-0.25, -0.2) is 0 Å². The maximum Gasteiger partial charge on any atom is 0.275 e. The number of rotatable bonds is 4. The van der Waals surface area contributed by atoms with Crippen LogP contribution in [0.1, 0.15) is 0 Å². The maximum atomic E-state index is 5.94. The van der Waals surface area contributed by atoms with Crippen LogP contribution in [0.2, 0.25) is 0 Å². The summed E-state index contributed by atoms with van der Waals surface area (Å²) in [6, 6.07) is 11.6. The van der Waals surface area contributed by atoms with Gasteiger partial charge in [0, 0.05) is 29.1 Å². The van der Waals surface area contributed by atoms with Crippen LogP contribution in [0, 0.1) is 0 Å². The Balaban J connectivity index is 2.32. The monoisotopic (exact) mass is 346 g/mol. The molecular formula is C13H11Cl3N3S+. The number of nitrogens with two attached hydrogens (primary N) is 1. The smallest absolute Gasteiger partial charge is 0.275 e. The lowest BCUT2D eigenvalue weighted by atomic mass is 10.3. The number of para-hydroxylation sites is 1. The topological polar surface area (TPSA) is 42.8 Å². The number of aromatic nitrogens is 2. The molecule has 1 heterocycles. The van der Waals surface area contributed by atoms with Gasteiger partial charge in [-0.3, -0.25) is 0 Å². The molecule has 0 fully saturated rings. The van der Waals surface area contributed by atoms with Crippen LogP contribution in [0.5, 0.6) is 0 Å². The van der Waals surface area contributed by atoms with Crippen molar-refractivity contribution in [2.75, 3.05) is 11.5 Å². The number of nitrogens with zero attached hydrogens (tertiary/aromatic N) is 2. The van der Waals surface area contributed by atoms with E-state index in [2.05, 4.69) is 5.10 Å². The zero-order valence-electron chi connectivity index (χ0n) is 10.3. The van der Waals surface area contributed by atoms with Crippen molar-refractivity contribution in [3.63, 3.8) is 0 Å². The highest BCUT2D eigenvalue weighted by atomic mass is 35.5. The van der Waals surface area contributed by atoms with E-state index in [9.17, 15) is 0 Å². The summed E-state index contributed by atoms with van der Waals surface area (Å²) in [5.74, 6) is 0.446. The number of thioether (sulfide) groups is 1. The second-order valence-electron chi connectivity index (χ2n) is 3.83. The Labute approximate surface area is 136 Å². The van der Waals surface area contributed by atoms with E-state index in [-0.39, 0.29) is 4.49 Å². The molecule has 0 amide bonds. The first-order chi connectivity index (χ1) is 9.58. The summed E-state index contributed by atoms with van der Waals surface area (Å²) >= 11 is 18.7. The molecule has 0 aliphatic rings. The van der Waals surface area contributed by atoms with E-state index in [1.165, 1.54) is 11.8 Å². The van der Waals surface area contributed by atoms with E-state index in [4.69, 9.17) is 40.5 Å². The molecule has 0 aliphatic carbocycles. The molecule has 0 aliphatic heterocycles. The molecule has 20 heavy (non-hydrogen) atoms. The van der Waals surface area contributed by atoms with Crippen LogP contribution in [0.15, 0.2) is 57.1 Å². The van der Waals surface area contributed by atoms with Gasteiger partial charge < -0.3 is 5.73 Å². The van der Waals surface area contributed by atoms with E-state index in [1.807, 2.05) is 36.4 Å². The van der Waals surface area contributed by atoms with Gasteiger partial charge >= 0.3 is 0 Å². The summed E-state index contributed by atoms with van der Waals surface area (Å²) in [6.07, 6.45) is 1.60. The molecule has 1 aromatic carbocycles. The molecule has 1 aromatic heterocycles. The fourth-order valence-corrected chi connectivity index (χ4v) is 2.85. The molecule has 2 aromatic rings. The molecule has 7 heteroatoms. The maximum absolute atomic E-state index is 5.94. The van der Waals surface area contributed by atoms with Gasteiger partial charge in [0.15, 0.2) is 0 Å². The largest absolute Gasteiger partial charge is 0.397 e. The van der Waals surface area contributed by atoms with Gasteiger partial charge in [0.25, 0.3) is 5.03 Å². The van der Waals surface area contributed by atoms with Crippen LogP contribution < -0.4 is 10.4 Å². The van der Waals surface area contributed by atoms with Crippen LogP contribution in [0.3, 0.4) is 0 Å². The molecule has 2 N–H and O–H groups in total. The molecular weight excluding hydrogens is 337 g/mol. The highest BCUT2D eigenvalue weighted by molar-refractivity contribution is 7.99. The van der Waals surface area contributed by atoms with E-state index in [1.54, 1.807) is 10.9 Å². The van der Waals surface area contributed by atoms with Gasteiger partial charge in [-0.05, 0) is 16.4 Å². The van der Waals surface area contributed by atoms with Gasteiger partial charge in [0.1, 0.15) is 10.7 Å². The predicted octanol–water partition coefficient (Wildman–Crippen LogP) is 3.92. The molecule has 0 unspecified atom stereocenters. The SMILES string of the molecule is Nc1cn[n+](-c2ccccc2)c(SCC(Cl)=C(Cl)Cl)c1. The van der Waals surface area contributed by atoms with Crippen molar-refractivity contribution in [3.05, 3.63) is 52.1 Å². The number of benzene rings is 1. The Bertz CT molecular complexity index is 628. The Morgan fingerprint density at radius 3 is 2.55 bits per heavy atom. The first-order valence-electron chi connectivity index (χ1n) is 5.63. The van der Waals surface area contributed by atoms with Crippen LogP contribution in [0.25, 0.3) is 5.69 Å². The predicted molar refractivity (Wildman–Crippen MR) is 85.5 cm³/mol. The fourth-order valence-electron chi connectivity index (χ4n) is 1.48. The number of hydrogen-bond donors (Lipinski definition) is 1. The average molecular weight is 348 g/mol. The second kappa shape index (κ2) is 7.18. The molecule has 0 saturated carbocycles. The molecule has 0 bridgehead atoms. The lowest BCUT2D eigenvalue weighted by Crippen LogP contribution is -2.37. The minimum absolute atomic E-state index is 0.0716.